The fourth-order valence-electron chi connectivity index (χ4n) is 2.78. The zero-order chi connectivity index (χ0) is 16.5. The molecule has 0 N–H and O–H groups in total. The SMILES string of the molecule is Cc1cnc(N2CCN(C(=O)OC(C)(C)C)[C@H](C)C2)c(C)c1. The zero-order valence-electron chi connectivity index (χ0n) is 14.5. The van der Waals surface area contributed by atoms with Gasteiger partial charge >= 0.3 is 6.09 Å². The van der Waals surface area contributed by atoms with Gasteiger partial charge in [-0.3, -0.25) is 0 Å². The minimum atomic E-state index is -0.455. The third kappa shape index (κ3) is 3.90. The van der Waals surface area contributed by atoms with Crippen molar-refractivity contribution in [1.29, 1.82) is 0 Å². The number of nitrogens with zero attached hydrogens (tertiary/aromatic N) is 3. The first-order chi connectivity index (χ1) is 10.2. The van der Waals surface area contributed by atoms with E-state index in [4.69, 9.17) is 4.74 Å². The molecule has 5 nitrogen and oxygen atoms in total. The van der Waals surface area contributed by atoms with Crippen LogP contribution in [-0.2, 0) is 4.74 Å². The van der Waals surface area contributed by atoms with Gasteiger partial charge in [-0.25, -0.2) is 9.78 Å². The first-order valence-electron chi connectivity index (χ1n) is 7.85. The minimum Gasteiger partial charge on any atom is -0.444 e. The maximum atomic E-state index is 12.2. The average Bonchev–Trinajstić information content (AvgIpc) is 2.36. The third-order valence-corrected chi connectivity index (χ3v) is 3.74. The van der Waals surface area contributed by atoms with Crippen LogP contribution in [0.2, 0.25) is 0 Å². The number of hydrogen-bond acceptors (Lipinski definition) is 4. The largest absolute Gasteiger partial charge is 0.444 e. The number of aryl methyl sites for hydroxylation is 2. The highest BCUT2D eigenvalue weighted by Crippen LogP contribution is 2.22. The van der Waals surface area contributed by atoms with Crippen LogP contribution < -0.4 is 4.90 Å². The molecular formula is C17H27N3O2. The minimum absolute atomic E-state index is 0.103. The van der Waals surface area contributed by atoms with Crippen molar-refractivity contribution in [1.82, 2.24) is 9.88 Å². The topological polar surface area (TPSA) is 45.7 Å². The van der Waals surface area contributed by atoms with Crippen molar-refractivity contribution in [2.24, 2.45) is 0 Å². The molecule has 22 heavy (non-hydrogen) atoms. The number of anilines is 1. The number of hydrogen-bond donors (Lipinski definition) is 0. The Morgan fingerprint density at radius 3 is 2.55 bits per heavy atom. The standard InChI is InChI=1S/C17H27N3O2/c1-12-9-13(2)15(18-10-12)19-7-8-20(14(3)11-19)16(21)22-17(4,5)6/h9-10,14H,7-8,11H2,1-6H3/t14-/m1/s1. The summed E-state index contributed by atoms with van der Waals surface area (Å²) in [5.74, 6) is 1.02. The van der Waals surface area contributed by atoms with Crippen molar-refractivity contribution in [2.75, 3.05) is 24.5 Å². The number of rotatable bonds is 1. The molecule has 122 valence electrons. The Morgan fingerprint density at radius 2 is 2.00 bits per heavy atom. The fraction of sp³-hybridized carbons (Fsp3) is 0.647. The molecule has 1 aromatic heterocycles. The van der Waals surface area contributed by atoms with Gasteiger partial charge in [-0.2, -0.15) is 0 Å². The molecule has 0 aromatic carbocycles. The van der Waals surface area contributed by atoms with Gasteiger partial charge in [0.1, 0.15) is 11.4 Å². The van der Waals surface area contributed by atoms with Gasteiger partial charge in [0.05, 0.1) is 0 Å². The zero-order valence-corrected chi connectivity index (χ0v) is 14.5. The summed E-state index contributed by atoms with van der Waals surface area (Å²) < 4.78 is 5.48. The van der Waals surface area contributed by atoms with Gasteiger partial charge in [0.25, 0.3) is 0 Å². The highest BCUT2D eigenvalue weighted by molar-refractivity contribution is 5.69. The second-order valence-corrected chi connectivity index (χ2v) is 7.12. The Kier molecular flexibility index (Phi) is 4.63. The number of amides is 1. The fourth-order valence-corrected chi connectivity index (χ4v) is 2.78. The van der Waals surface area contributed by atoms with E-state index in [1.807, 2.05) is 38.8 Å². The van der Waals surface area contributed by atoms with E-state index < -0.39 is 5.60 Å². The average molecular weight is 305 g/mol. The second-order valence-electron chi connectivity index (χ2n) is 7.12. The second kappa shape index (κ2) is 6.15. The van der Waals surface area contributed by atoms with Gasteiger partial charge < -0.3 is 14.5 Å². The molecule has 1 amide bonds. The lowest BCUT2D eigenvalue weighted by Crippen LogP contribution is -2.55. The monoisotopic (exact) mass is 305 g/mol. The summed E-state index contributed by atoms with van der Waals surface area (Å²) in [5, 5.41) is 0. The van der Waals surface area contributed by atoms with E-state index in [9.17, 15) is 4.79 Å². The number of carbonyl (C=O) groups is 1. The Labute approximate surface area is 133 Å². The summed E-state index contributed by atoms with van der Waals surface area (Å²) in [6, 6.07) is 2.25. The third-order valence-electron chi connectivity index (χ3n) is 3.74. The van der Waals surface area contributed by atoms with Crippen LogP contribution in [0.5, 0.6) is 0 Å². The summed E-state index contributed by atoms with van der Waals surface area (Å²) in [4.78, 5) is 20.9. The van der Waals surface area contributed by atoms with E-state index in [1.54, 1.807) is 0 Å². The first kappa shape index (κ1) is 16.6. The van der Waals surface area contributed by atoms with Crippen LogP contribution in [0.3, 0.4) is 0 Å². The Balaban J connectivity index is 2.05. The molecule has 0 unspecified atom stereocenters. The molecule has 2 rings (SSSR count). The molecular weight excluding hydrogens is 278 g/mol. The van der Waals surface area contributed by atoms with E-state index in [-0.39, 0.29) is 12.1 Å². The Morgan fingerprint density at radius 1 is 1.32 bits per heavy atom. The number of carbonyl (C=O) groups excluding carboxylic acids is 1. The predicted octanol–water partition coefficient (Wildman–Crippen LogP) is 3.14. The van der Waals surface area contributed by atoms with Crippen LogP contribution in [-0.4, -0.2) is 47.3 Å². The predicted molar refractivity (Wildman–Crippen MR) is 88.3 cm³/mol. The highest BCUT2D eigenvalue weighted by Gasteiger charge is 2.31. The smallest absolute Gasteiger partial charge is 0.410 e. The lowest BCUT2D eigenvalue weighted by Gasteiger charge is -2.41. The molecule has 5 heteroatoms. The number of pyridine rings is 1. The summed E-state index contributed by atoms with van der Waals surface area (Å²) >= 11 is 0. The molecule has 1 saturated heterocycles. The maximum absolute atomic E-state index is 12.2. The van der Waals surface area contributed by atoms with Gasteiger partial charge in [0.15, 0.2) is 0 Å². The molecule has 0 radical (unpaired) electrons. The normalized spacial score (nSPS) is 19.3. The molecule has 1 aromatic rings. The van der Waals surface area contributed by atoms with Gasteiger partial charge in [0, 0.05) is 31.9 Å². The molecule has 1 atom stereocenters. The Hall–Kier alpha value is -1.78. The molecule has 1 aliphatic rings. The lowest BCUT2D eigenvalue weighted by atomic mass is 10.1. The van der Waals surface area contributed by atoms with Crippen LogP contribution in [0.4, 0.5) is 10.6 Å². The van der Waals surface area contributed by atoms with Gasteiger partial charge in [-0.05, 0) is 52.7 Å². The van der Waals surface area contributed by atoms with E-state index in [1.165, 1.54) is 11.1 Å². The summed E-state index contributed by atoms with van der Waals surface area (Å²) in [6.07, 6.45) is 1.67. The summed E-state index contributed by atoms with van der Waals surface area (Å²) in [6.45, 7) is 14.1. The number of aromatic nitrogens is 1. The van der Waals surface area contributed by atoms with Gasteiger partial charge in [0.2, 0.25) is 0 Å². The van der Waals surface area contributed by atoms with Crippen molar-refractivity contribution in [3.05, 3.63) is 23.4 Å². The number of ether oxygens (including phenoxy) is 1. The van der Waals surface area contributed by atoms with E-state index >= 15 is 0 Å². The molecule has 1 fully saturated rings. The highest BCUT2D eigenvalue weighted by atomic mass is 16.6. The molecule has 2 heterocycles. The molecule has 0 spiro atoms. The molecule has 0 saturated carbocycles. The van der Waals surface area contributed by atoms with Crippen LogP contribution >= 0.6 is 0 Å². The molecule has 0 aliphatic carbocycles. The van der Waals surface area contributed by atoms with Gasteiger partial charge in [-0.15, -0.1) is 0 Å². The summed E-state index contributed by atoms with van der Waals surface area (Å²) in [5.41, 5.74) is 1.89. The summed E-state index contributed by atoms with van der Waals surface area (Å²) in [7, 11) is 0. The lowest BCUT2D eigenvalue weighted by molar-refractivity contribution is 0.0158. The first-order valence-corrected chi connectivity index (χ1v) is 7.85. The van der Waals surface area contributed by atoms with Crippen molar-refractivity contribution < 1.29 is 9.53 Å². The molecule has 0 bridgehead atoms. The van der Waals surface area contributed by atoms with Gasteiger partial charge in [-0.1, -0.05) is 6.07 Å². The van der Waals surface area contributed by atoms with E-state index in [2.05, 4.69) is 29.8 Å². The van der Waals surface area contributed by atoms with Crippen LogP contribution in [0.1, 0.15) is 38.8 Å². The molecule has 1 aliphatic heterocycles. The van der Waals surface area contributed by atoms with Crippen LogP contribution in [0, 0.1) is 13.8 Å². The van der Waals surface area contributed by atoms with Crippen molar-refractivity contribution in [2.45, 2.75) is 53.2 Å². The van der Waals surface area contributed by atoms with Crippen molar-refractivity contribution >= 4 is 11.9 Å². The number of piperazine rings is 1. The van der Waals surface area contributed by atoms with Crippen LogP contribution in [0.25, 0.3) is 0 Å². The quantitative estimate of drug-likeness (QED) is 0.799. The van der Waals surface area contributed by atoms with E-state index in [0.29, 0.717) is 6.54 Å². The van der Waals surface area contributed by atoms with Crippen molar-refractivity contribution in [3.8, 4) is 0 Å². The maximum Gasteiger partial charge on any atom is 0.410 e. The van der Waals surface area contributed by atoms with Crippen LogP contribution in [0.15, 0.2) is 12.3 Å². The van der Waals surface area contributed by atoms with Crippen molar-refractivity contribution in [3.63, 3.8) is 0 Å². The Bertz CT molecular complexity index is 551. The van der Waals surface area contributed by atoms with E-state index in [0.717, 1.165) is 18.9 Å².